The van der Waals surface area contributed by atoms with Crippen LogP contribution in [0.4, 0.5) is 11.4 Å². The highest BCUT2D eigenvalue weighted by Crippen LogP contribution is 2.29. The molecular weight excluding hydrogens is 472 g/mol. The summed E-state index contributed by atoms with van der Waals surface area (Å²) in [4.78, 5) is 12.3. The molecule has 7 nitrogen and oxygen atoms in total. The molecule has 0 radical (unpaired) electrons. The standard InChI is InChI=1S/C21H21BrN2O5S/c1-3-30(26,27)24-19-9-7-17(12-20(19)28-2)23-21(25)13-29-18-8-5-14-10-16(22)6-4-15(14)11-18/h4-12,24H,3,13H2,1-2H3,(H,23,25). The van der Waals surface area contributed by atoms with Crippen LogP contribution in [0.2, 0.25) is 0 Å². The second-order valence-corrected chi connectivity index (χ2v) is 9.34. The van der Waals surface area contributed by atoms with Gasteiger partial charge in [-0.3, -0.25) is 9.52 Å². The van der Waals surface area contributed by atoms with Crippen molar-refractivity contribution in [2.24, 2.45) is 0 Å². The van der Waals surface area contributed by atoms with Gasteiger partial charge >= 0.3 is 0 Å². The molecule has 3 aromatic carbocycles. The molecule has 0 fully saturated rings. The first-order chi connectivity index (χ1) is 14.3. The summed E-state index contributed by atoms with van der Waals surface area (Å²) >= 11 is 3.44. The fourth-order valence-electron chi connectivity index (χ4n) is 2.72. The first kappa shape index (κ1) is 21.9. The van der Waals surface area contributed by atoms with Gasteiger partial charge in [-0.25, -0.2) is 8.42 Å². The lowest BCUT2D eigenvalue weighted by Gasteiger charge is -2.13. The number of hydrogen-bond acceptors (Lipinski definition) is 5. The zero-order chi connectivity index (χ0) is 21.7. The van der Waals surface area contributed by atoms with Crippen molar-refractivity contribution in [3.63, 3.8) is 0 Å². The molecule has 0 heterocycles. The highest BCUT2D eigenvalue weighted by atomic mass is 79.9. The predicted molar refractivity (Wildman–Crippen MR) is 122 cm³/mol. The van der Waals surface area contributed by atoms with Crippen LogP contribution in [0.25, 0.3) is 10.8 Å². The van der Waals surface area contributed by atoms with Crippen LogP contribution in [0.15, 0.2) is 59.1 Å². The van der Waals surface area contributed by atoms with E-state index >= 15 is 0 Å². The van der Waals surface area contributed by atoms with Crippen molar-refractivity contribution in [3.05, 3.63) is 59.1 Å². The van der Waals surface area contributed by atoms with Crippen molar-refractivity contribution in [1.82, 2.24) is 0 Å². The third-order valence-corrected chi connectivity index (χ3v) is 6.06. The van der Waals surface area contributed by atoms with Crippen molar-refractivity contribution in [2.45, 2.75) is 6.92 Å². The van der Waals surface area contributed by atoms with Gasteiger partial charge in [-0.15, -0.1) is 0 Å². The highest BCUT2D eigenvalue weighted by molar-refractivity contribution is 9.10. The van der Waals surface area contributed by atoms with E-state index in [1.165, 1.54) is 20.1 Å². The number of fused-ring (bicyclic) bond motifs is 1. The van der Waals surface area contributed by atoms with Gasteiger partial charge in [0.05, 0.1) is 18.6 Å². The summed E-state index contributed by atoms with van der Waals surface area (Å²) in [5, 5.41) is 4.78. The zero-order valence-corrected chi connectivity index (χ0v) is 18.8. The summed E-state index contributed by atoms with van der Waals surface area (Å²) in [7, 11) is -2.02. The molecule has 0 saturated heterocycles. The monoisotopic (exact) mass is 492 g/mol. The van der Waals surface area contributed by atoms with Crippen molar-refractivity contribution >= 4 is 54.0 Å². The lowest BCUT2D eigenvalue weighted by atomic mass is 10.1. The minimum Gasteiger partial charge on any atom is -0.494 e. The average Bonchev–Trinajstić information content (AvgIpc) is 2.73. The first-order valence-electron chi connectivity index (χ1n) is 9.10. The number of halogens is 1. The number of ether oxygens (including phenoxy) is 2. The summed E-state index contributed by atoms with van der Waals surface area (Å²) in [6, 6.07) is 16.2. The molecule has 0 spiro atoms. The molecule has 3 aromatic rings. The molecule has 0 aliphatic carbocycles. The number of carbonyl (C=O) groups excluding carboxylic acids is 1. The fourth-order valence-corrected chi connectivity index (χ4v) is 3.75. The molecule has 2 N–H and O–H groups in total. The van der Waals surface area contributed by atoms with Gasteiger partial charge in [-0.1, -0.05) is 28.1 Å². The Bertz CT molecular complexity index is 1180. The second kappa shape index (κ2) is 9.36. The Labute approximate surface area is 183 Å². The topological polar surface area (TPSA) is 93.7 Å². The molecule has 1 amide bonds. The Morgan fingerprint density at radius 2 is 1.77 bits per heavy atom. The van der Waals surface area contributed by atoms with Crippen LogP contribution >= 0.6 is 15.9 Å². The number of benzene rings is 3. The maximum Gasteiger partial charge on any atom is 0.262 e. The Balaban J connectivity index is 1.64. The maximum atomic E-state index is 12.3. The van der Waals surface area contributed by atoms with Gasteiger partial charge in [0.25, 0.3) is 5.91 Å². The molecule has 0 saturated carbocycles. The van der Waals surface area contributed by atoms with Crippen LogP contribution in [0.5, 0.6) is 11.5 Å². The molecule has 0 aromatic heterocycles. The normalized spacial score (nSPS) is 11.2. The smallest absolute Gasteiger partial charge is 0.262 e. The summed E-state index contributed by atoms with van der Waals surface area (Å²) in [5.74, 6) is 0.473. The van der Waals surface area contributed by atoms with Crippen molar-refractivity contribution < 1.29 is 22.7 Å². The van der Waals surface area contributed by atoms with Crippen LogP contribution in [0.3, 0.4) is 0 Å². The van der Waals surface area contributed by atoms with Crippen LogP contribution in [0.1, 0.15) is 6.92 Å². The third kappa shape index (κ3) is 5.64. The lowest BCUT2D eigenvalue weighted by Crippen LogP contribution is -2.20. The predicted octanol–water partition coefficient (Wildman–Crippen LogP) is 4.39. The van der Waals surface area contributed by atoms with E-state index in [9.17, 15) is 13.2 Å². The zero-order valence-electron chi connectivity index (χ0n) is 16.4. The van der Waals surface area contributed by atoms with E-state index in [1.807, 2.05) is 30.3 Å². The summed E-state index contributed by atoms with van der Waals surface area (Å²) < 4.78 is 37.8. The number of anilines is 2. The molecule has 30 heavy (non-hydrogen) atoms. The summed E-state index contributed by atoms with van der Waals surface area (Å²) in [6.45, 7) is 1.37. The van der Waals surface area contributed by atoms with E-state index in [-0.39, 0.29) is 18.3 Å². The summed E-state index contributed by atoms with van der Waals surface area (Å²) in [6.07, 6.45) is 0. The highest BCUT2D eigenvalue weighted by Gasteiger charge is 2.13. The average molecular weight is 493 g/mol. The Kier molecular flexibility index (Phi) is 6.84. The minimum atomic E-state index is -3.44. The van der Waals surface area contributed by atoms with Gasteiger partial charge in [-0.2, -0.15) is 0 Å². The van der Waals surface area contributed by atoms with Gasteiger partial charge in [-0.05, 0) is 54.1 Å². The molecule has 158 valence electrons. The lowest BCUT2D eigenvalue weighted by molar-refractivity contribution is -0.118. The molecule has 0 unspecified atom stereocenters. The molecule has 0 bridgehead atoms. The second-order valence-electron chi connectivity index (χ2n) is 6.41. The number of carbonyl (C=O) groups is 1. The summed E-state index contributed by atoms with van der Waals surface area (Å²) in [5.41, 5.74) is 0.764. The number of amides is 1. The van der Waals surface area contributed by atoms with E-state index < -0.39 is 10.0 Å². The van der Waals surface area contributed by atoms with Crippen molar-refractivity contribution in [1.29, 1.82) is 0 Å². The van der Waals surface area contributed by atoms with Gasteiger partial charge in [0.2, 0.25) is 10.0 Å². The Morgan fingerprint density at radius 3 is 2.50 bits per heavy atom. The quantitative estimate of drug-likeness (QED) is 0.486. The molecular formula is C21H21BrN2O5S. The number of sulfonamides is 1. The van der Waals surface area contributed by atoms with Gasteiger partial charge in [0, 0.05) is 16.2 Å². The maximum absolute atomic E-state index is 12.3. The SMILES string of the molecule is CCS(=O)(=O)Nc1ccc(NC(=O)COc2ccc3cc(Br)ccc3c2)cc1OC. The number of methoxy groups -OCH3 is 1. The molecule has 9 heteroatoms. The van der Waals surface area contributed by atoms with Gasteiger partial charge < -0.3 is 14.8 Å². The first-order valence-corrected chi connectivity index (χ1v) is 11.5. The van der Waals surface area contributed by atoms with E-state index in [0.717, 1.165) is 15.2 Å². The van der Waals surface area contributed by atoms with E-state index in [2.05, 4.69) is 26.0 Å². The molecule has 3 rings (SSSR count). The van der Waals surface area contributed by atoms with Crippen molar-refractivity contribution in [3.8, 4) is 11.5 Å². The molecule has 0 aliphatic rings. The van der Waals surface area contributed by atoms with Gasteiger partial charge in [0.15, 0.2) is 6.61 Å². The molecule has 0 atom stereocenters. The number of rotatable bonds is 8. The van der Waals surface area contributed by atoms with E-state index in [0.29, 0.717) is 22.9 Å². The fraction of sp³-hybridized carbons (Fsp3) is 0.190. The van der Waals surface area contributed by atoms with E-state index in [4.69, 9.17) is 9.47 Å². The molecule has 0 aliphatic heterocycles. The van der Waals surface area contributed by atoms with Crippen LogP contribution in [0, 0.1) is 0 Å². The Hall–Kier alpha value is -2.78. The van der Waals surface area contributed by atoms with Crippen LogP contribution in [-0.4, -0.2) is 33.8 Å². The van der Waals surface area contributed by atoms with Gasteiger partial charge in [0.1, 0.15) is 11.5 Å². The minimum absolute atomic E-state index is 0.0575. The van der Waals surface area contributed by atoms with Crippen molar-refractivity contribution in [2.75, 3.05) is 29.5 Å². The Morgan fingerprint density at radius 1 is 1.03 bits per heavy atom. The number of nitrogens with one attached hydrogen (secondary N) is 2. The van der Waals surface area contributed by atoms with E-state index in [1.54, 1.807) is 18.2 Å². The third-order valence-electron chi connectivity index (χ3n) is 4.27. The number of hydrogen-bond donors (Lipinski definition) is 2. The largest absolute Gasteiger partial charge is 0.494 e. The van der Waals surface area contributed by atoms with Crippen LogP contribution in [-0.2, 0) is 14.8 Å². The van der Waals surface area contributed by atoms with Crippen LogP contribution < -0.4 is 19.5 Å².